The number of halogens is 1. The second-order valence-electron chi connectivity index (χ2n) is 5.41. The number of nitrogens with one attached hydrogen (secondary N) is 1. The maximum absolute atomic E-state index is 12.2. The summed E-state index contributed by atoms with van der Waals surface area (Å²) < 4.78 is 5.55. The number of rotatable bonds is 4. The predicted molar refractivity (Wildman–Crippen MR) is 83.0 cm³/mol. The van der Waals surface area contributed by atoms with Gasteiger partial charge in [-0.3, -0.25) is 0 Å². The highest BCUT2D eigenvalue weighted by Crippen LogP contribution is 2.29. The summed E-state index contributed by atoms with van der Waals surface area (Å²) in [4.78, 5) is 13.8. The van der Waals surface area contributed by atoms with Crippen molar-refractivity contribution in [3.63, 3.8) is 0 Å². The van der Waals surface area contributed by atoms with Crippen LogP contribution in [-0.4, -0.2) is 41.3 Å². The molecule has 1 aromatic rings. The Bertz CT molecular complexity index is 508. The molecule has 21 heavy (non-hydrogen) atoms. The van der Waals surface area contributed by atoms with Gasteiger partial charge in [-0.15, -0.1) is 0 Å². The van der Waals surface area contributed by atoms with Gasteiger partial charge in [0.1, 0.15) is 5.75 Å². The SMILES string of the molecule is CC(C)Oc1ccc(NC(=O)N2CCC[C@H]2CO)cc1Cl. The molecular weight excluding hydrogens is 292 g/mol. The fraction of sp³-hybridized carbons (Fsp3) is 0.533. The van der Waals surface area contributed by atoms with Crippen molar-refractivity contribution < 1.29 is 14.6 Å². The number of nitrogens with zero attached hydrogens (tertiary/aromatic N) is 1. The van der Waals surface area contributed by atoms with Gasteiger partial charge < -0.3 is 20.1 Å². The van der Waals surface area contributed by atoms with Crippen LogP contribution in [0.25, 0.3) is 0 Å². The minimum Gasteiger partial charge on any atom is -0.489 e. The molecule has 2 N–H and O–H groups in total. The molecule has 5 nitrogen and oxygen atoms in total. The highest BCUT2D eigenvalue weighted by molar-refractivity contribution is 6.32. The number of ether oxygens (including phenoxy) is 1. The van der Waals surface area contributed by atoms with Crippen LogP contribution < -0.4 is 10.1 Å². The van der Waals surface area contributed by atoms with E-state index in [1.807, 2.05) is 13.8 Å². The number of hydrogen-bond acceptors (Lipinski definition) is 3. The van der Waals surface area contributed by atoms with E-state index in [4.69, 9.17) is 16.3 Å². The minimum atomic E-state index is -0.208. The van der Waals surface area contributed by atoms with Gasteiger partial charge in [0.25, 0.3) is 0 Å². The molecule has 1 fully saturated rings. The highest BCUT2D eigenvalue weighted by atomic mass is 35.5. The zero-order valence-electron chi connectivity index (χ0n) is 12.3. The third kappa shape index (κ3) is 4.02. The van der Waals surface area contributed by atoms with Gasteiger partial charge in [-0.05, 0) is 44.9 Å². The molecule has 2 amide bonds. The Balaban J connectivity index is 2.02. The van der Waals surface area contributed by atoms with Crippen LogP contribution in [0, 0.1) is 0 Å². The van der Waals surface area contributed by atoms with Crippen molar-refractivity contribution in [2.24, 2.45) is 0 Å². The standard InChI is InChI=1S/C15H21ClN2O3/c1-10(2)21-14-6-5-11(8-13(14)16)17-15(20)18-7-3-4-12(18)9-19/h5-6,8,10,12,19H,3-4,7,9H2,1-2H3,(H,17,20)/t12-/m0/s1. The van der Waals surface area contributed by atoms with Gasteiger partial charge in [0.2, 0.25) is 0 Å². The Kier molecular flexibility index (Phi) is 5.31. The van der Waals surface area contributed by atoms with Crippen LogP contribution in [-0.2, 0) is 0 Å². The molecule has 0 saturated carbocycles. The van der Waals surface area contributed by atoms with Crippen molar-refractivity contribution in [3.05, 3.63) is 23.2 Å². The van der Waals surface area contributed by atoms with E-state index in [0.717, 1.165) is 12.8 Å². The fourth-order valence-corrected chi connectivity index (χ4v) is 2.64. The molecule has 2 rings (SSSR count). The second-order valence-corrected chi connectivity index (χ2v) is 5.82. The van der Waals surface area contributed by atoms with Gasteiger partial charge in [-0.25, -0.2) is 4.79 Å². The number of benzene rings is 1. The molecule has 1 aromatic carbocycles. The lowest BCUT2D eigenvalue weighted by molar-refractivity contribution is 0.166. The zero-order chi connectivity index (χ0) is 15.4. The van der Waals surface area contributed by atoms with E-state index < -0.39 is 0 Å². The van der Waals surface area contributed by atoms with Crippen molar-refractivity contribution in [3.8, 4) is 5.75 Å². The number of amides is 2. The van der Waals surface area contributed by atoms with Crippen molar-refractivity contribution in [1.29, 1.82) is 0 Å². The van der Waals surface area contributed by atoms with E-state index in [2.05, 4.69) is 5.32 Å². The zero-order valence-corrected chi connectivity index (χ0v) is 13.1. The number of carbonyl (C=O) groups is 1. The van der Waals surface area contributed by atoms with E-state index in [1.54, 1.807) is 23.1 Å². The van der Waals surface area contributed by atoms with Crippen LogP contribution in [0.5, 0.6) is 5.75 Å². The van der Waals surface area contributed by atoms with Crippen LogP contribution in [0.1, 0.15) is 26.7 Å². The molecule has 6 heteroatoms. The molecule has 1 saturated heterocycles. The number of carbonyl (C=O) groups excluding carboxylic acids is 1. The Morgan fingerprint density at radius 3 is 2.95 bits per heavy atom. The van der Waals surface area contributed by atoms with E-state index in [1.165, 1.54) is 0 Å². The minimum absolute atomic E-state index is 0.00462. The first-order valence-electron chi connectivity index (χ1n) is 7.16. The molecule has 116 valence electrons. The average molecular weight is 313 g/mol. The van der Waals surface area contributed by atoms with E-state index in [0.29, 0.717) is 23.0 Å². The van der Waals surface area contributed by atoms with E-state index in [-0.39, 0.29) is 24.8 Å². The Morgan fingerprint density at radius 1 is 1.57 bits per heavy atom. The molecule has 0 bridgehead atoms. The highest BCUT2D eigenvalue weighted by Gasteiger charge is 2.28. The first-order chi connectivity index (χ1) is 10.0. The number of hydrogen-bond donors (Lipinski definition) is 2. The molecule has 1 aliphatic heterocycles. The van der Waals surface area contributed by atoms with Crippen LogP contribution >= 0.6 is 11.6 Å². The maximum Gasteiger partial charge on any atom is 0.322 e. The number of anilines is 1. The van der Waals surface area contributed by atoms with Gasteiger partial charge in [-0.2, -0.15) is 0 Å². The third-order valence-electron chi connectivity index (χ3n) is 3.39. The lowest BCUT2D eigenvalue weighted by atomic mass is 10.2. The molecule has 1 atom stereocenters. The first-order valence-corrected chi connectivity index (χ1v) is 7.53. The number of likely N-dealkylation sites (tertiary alicyclic amines) is 1. The van der Waals surface area contributed by atoms with Crippen LogP contribution in [0.4, 0.5) is 10.5 Å². The molecular formula is C15H21ClN2O3. The lowest BCUT2D eigenvalue weighted by Crippen LogP contribution is -2.40. The van der Waals surface area contributed by atoms with Gasteiger partial charge >= 0.3 is 6.03 Å². The summed E-state index contributed by atoms with van der Waals surface area (Å²) in [5, 5.41) is 12.5. The summed E-state index contributed by atoms with van der Waals surface area (Å²) in [7, 11) is 0. The van der Waals surface area contributed by atoms with Gasteiger partial charge in [0.05, 0.1) is 23.8 Å². The quantitative estimate of drug-likeness (QED) is 0.898. The summed E-state index contributed by atoms with van der Waals surface area (Å²) in [6.07, 6.45) is 1.80. The van der Waals surface area contributed by atoms with E-state index >= 15 is 0 Å². The number of aliphatic hydroxyl groups is 1. The molecule has 0 aliphatic carbocycles. The Hall–Kier alpha value is -1.46. The van der Waals surface area contributed by atoms with E-state index in [9.17, 15) is 9.90 Å². The number of aliphatic hydroxyl groups excluding tert-OH is 1. The van der Waals surface area contributed by atoms with Crippen molar-refractivity contribution in [2.75, 3.05) is 18.5 Å². The third-order valence-corrected chi connectivity index (χ3v) is 3.69. The predicted octanol–water partition coefficient (Wildman–Crippen LogP) is 3.12. The Morgan fingerprint density at radius 2 is 2.33 bits per heavy atom. The lowest BCUT2D eigenvalue weighted by Gasteiger charge is -2.23. The monoisotopic (exact) mass is 312 g/mol. The van der Waals surface area contributed by atoms with Gasteiger partial charge in [0.15, 0.2) is 0 Å². The topological polar surface area (TPSA) is 61.8 Å². The molecule has 1 heterocycles. The smallest absolute Gasteiger partial charge is 0.322 e. The van der Waals surface area contributed by atoms with Crippen molar-refractivity contribution in [2.45, 2.75) is 38.8 Å². The van der Waals surface area contributed by atoms with Gasteiger partial charge in [-0.1, -0.05) is 11.6 Å². The molecule has 0 radical (unpaired) electrons. The normalized spacial score (nSPS) is 18.1. The molecule has 1 aliphatic rings. The molecule has 0 unspecified atom stereocenters. The molecule has 0 spiro atoms. The largest absolute Gasteiger partial charge is 0.489 e. The van der Waals surface area contributed by atoms with Crippen LogP contribution in [0.15, 0.2) is 18.2 Å². The first kappa shape index (κ1) is 15.9. The summed E-state index contributed by atoms with van der Waals surface area (Å²) in [5.41, 5.74) is 0.615. The summed E-state index contributed by atoms with van der Waals surface area (Å²) in [6.45, 7) is 4.51. The summed E-state index contributed by atoms with van der Waals surface area (Å²) in [5.74, 6) is 0.596. The second kappa shape index (κ2) is 7.00. The van der Waals surface area contributed by atoms with Crippen molar-refractivity contribution in [1.82, 2.24) is 4.90 Å². The maximum atomic E-state index is 12.2. The van der Waals surface area contributed by atoms with Crippen LogP contribution in [0.2, 0.25) is 5.02 Å². The fourth-order valence-electron chi connectivity index (χ4n) is 2.42. The average Bonchev–Trinajstić information content (AvgIpc) is 2.90. The van der Waals surface area contributed by atoms with Crippen LogP contribution in [0.3, 0.4) is 0 Å². The van der Waals surface area contributed by atoms with Gasteiger partial charge in [0, 0.05) is 12.2 Å². The Labute approximate surface area is 129 Å². The summed E-state index contributed by atoms with van der Waals surface area (Å²) in [6, 6.07) is 4.86. The number of urea groups is 1. The summed E-state index contributed by atoms with van der Waals surface area (Å²) >= 11 is 6.14. The van der Waals surface area contributed by atoms with Crippen molar-refractivity contribution >= 4 is 23.3 Å². The molecule has 0 aromatic heterocycles.